The summed E-state index contributed by atoms with van der Waals surface area (Å²) in [5, 5.41) is 10.1. The summed E-state index contributed by atoms with van der Waals surface area (Å²) in [5.74, 6) is 1.34. The van der Waals surface area contributed by atoms with Gasteiger partial charge in [0.2, 0.25) is 0 Å². The Morgan fingerprint density at radius 2 is 1.95 bits per heavy atom. The molecule has 0 radical (unpaired) electrons. The number of rotatable bonds is 6. The van der Waals surface area contributed by atoms with Crippen LogP contribution in [0.2, 0.25) is 0 Å². The molecular formula is C14H23BrClNO2. The summed E-state index contributed by atoms with van der Waals surface area (Å²) in [6.45, 7) is 4.28. The van der Waals surface area contributed by atoms with E-state index in [2.05, 4.69) is 29.8 Å². The molecule has 0 heterocycles. The zero-order chi connectivity index (χ0) is 13.7. The molecule has 0 amide bonds. The first-order valence-electron chi connectivity index (χ1n) is 6.22. The highest BCUT2D eigenvalue weighted by Crippen LogP contribution is 2.29. The van der Waals surface area contributed by atoms with E-state index in [1.165, 1.54) is 0 Å². The zero-order valence-electron chi connectivity index (χ0n) is 11.6. The van der Waals surface area contributed by atoms with Crippen molar-refractivity contribution in [2.24, 2.45) is 11.7 Å². The molecule has 0 aliphatic carbocycles. The number of nitrogens with two attached hydrogens (primary N) is 1. The van der Waals surface area contributed by atoms with Crippen LogP contribution in [0.3, 0.4) is 0 Å². The van der Waals surface area contributed by atoms with Gasteiger partial charge in [-0.1, -0.05) is 19.9 Å². The fourth-order valence-electron chi connectivity index (χ4n) is 1.80. The van der Waals surface area contributed by atoms with Gasteiger partial charge in [-0.05, 0) is 52.4 Å². The van der Waals surface area contributed by atoms with Gasteiger partial charge in [-0.3, -0.25) is 0 Å². The summed E-state index contributed by atoms with van der Waals surface area (Å²) >= 11 is 3.42. The predicted octanol–water partition coefficient (Wildman–Crippen LogP) is 3.68. The maximum absolute atomic E-state index is 10.1. The summed E-state index contributed by atoms with van der Waals surface area (Å²) in [5.41, 5.74) is 6.99. The van der Waals surface area contributed by atoms with Gasteiger partial charge in [-0.25, -0.2) is 0 Å². The van der Waals surface area contributed by atoms with E-state index in [0.29, 0.717) is 5.92 Å². The van der Waals surface area contributed by atoms with Crippen LogP contribution in [-0.4, -0.2) is 18.3 Å². The van der Waals surface area contributed by atoms with Crippen molar-refractivity contribution in [1.29, 1.82) is 0 Å². The monoisotopic (exact) mass is 351 g/mol. The minimum atomic E-state index is -0.507. The van der Waals surface area contributed by atoms with Gasteiger partial charge in [-0.15, -0.1) is 12.4 Å². The van der Waals surface area contributed by atoms with E-state index in [-0.39, 0.29) is 18.4 Å². The standard InChI is InChI=1S/C14H22BrNO2.ClH/c1-9(2)4-6-12(17)14(16)10-5-7-13(18-3)11(15)8-10;/h5,7-9,12,14,17H,4,6,16H2,1-3H3;1H/t12-,14+;/m1./s1. The van der Waals surface area contributed by atoms with Crippen LogP contribution in [0.4, 0.5) is 0 Å². The summed E-state index contributed by atoms with van der Waals surface area (Å²) < 4.78 is 6.02. The molecule has 19 heavy (non-hydrogen) atoms. The van der Waals surface area contributed by atoms with Gasteiger partial charge in [0.25, 0.3) is 0 Å². The maximum Gasteiger partial charge on any atom is 0.133 e. The van der Waals surface area contributed by atoms with Gasteiger partial charge in [0, 0.05) is 0 Å². The number of halogens is 2. The first-order chi connectivity index (χ1) is 8.45. The lowest BCUT2D eigenvalue weighted by molar-refractivity contribution is 0.128. The van der Waals surface area contributed by atoms with E-state index in [0.717, 1.165) is 28.6 Å². The van der Waals surface area contributed by atoms with Crippen molar-refractivity contribution < 1.29 is 9.84 Å². The fourth-order valence-corrected chi connectivity index (χ4v) is 2.35. The summed E-state index contributed by atoms with van der Waals surface area (Å²) in [4.78, 5) is 0. The van der Waals surface area contributed by atoms with Crippen molar-refractivity contribution in [3.8, 4) is 5.75 Å². The Labute approximate surface area is 130 Å². The second-order valence-corrected chi connectivity index (χ2v) is 5.81. The third-order valence-electron chi connectivity index (χ3n) is 3.02. The minimum absolute atomic E-state index is 0. The molecule has 1 aromatic rings. The highest BCUT2D eigenvalue weighted by Gasteiger charge is 2.18. The number of ether oxygens (including phenoxy) is 1. The van der Waals surface area contributed by atoms with E-state index in [4.69, 9.17) is 10.5 Å². The smallest absolute Gasteiger partial charge is 0.133 e. The van der Waals surface area contributed by atoms with Gasteiger partial charge in [0.05, 0.1) is 23.7 Å². The topological polar surface area (TPSA) is 55.5 Å². The summed E-state index contributed by atoms with van der Waals surface area (Å²) in [6.07, 6.45) is 1.20. The zero-order valence-corrected chi connectivity index (χ0v) is 14.0. The average molecular weight is 353 g/mol. The number of benzene rings is 1. The van der Waals surface area contributed by atoms with Gasteiger partial charge < -0.3 is 15.6 Å². The Morgan fingerprint density at radius 3 is 2.42 bits per heavy atom. The molecule has 0 bridgehead atoms. The predicted molar refractivity (Wildman–Crippen MR) is 84.9 cm³/mol. The quantitative estimate of drug-likeness (QED) is 0.821. The van der Waals surface area contributed by atoms with Gasteiger partial charge in [-0.2, -0.15) is 0 Å². The van der Waals surface area contributed by atoms with E-state index >= 15 is 0 Å². The number of aliphatic hydroxyl groups excluding tert-OH is 1. The third-order valence-corrected chi connectivity index (χ3v) is 3.63. The SMILES string of the molecule is COc1ccc([C@H](N)[C@H](O)CCC(C)C)cc1Br.Cl. The lowest BCUT2D eigenvalue weighted by atomic mass is 9.96. The molecule has 0 saturated carbocycles. The van der Waals surface area contributed by atoms with Crippen molar-refractivity contribution >= 4 is 28.3 Å². The molecule has 0 unspecified atom stereocenters. The van der Waals surface area contributed by atoms with Crippen molar-refractivity contribution in [3.05, 3.63) is 28.2 Å². The number of aliphatic hydroxyl groups is 1. The molecule has 1 rings (SSSR count). The molecule has 1 aromatic carbocycles. The largest absolute Gasteiger partial charge is 0.496 e. The van der Waals surface area contributed by atoms with Crippen LogP contribution in [0.25, 0.3) is 0 Å². The number of hydrogen-bond acceptors (Lipinski definition) is 3. The normalized spacial score (nSPS) is 13.8. The molecule has 0 aliphatic heterocycles. The number of methoxy groups -OCH3 is 1. The van der Waals surface area contributed by atoms with Crippen LogP contribution in [0.5, 0.6) is 5.75 Å². The van der Waals surface area contributed by atoms with Crippen molar-refractivity contribution in [1.82, 2.24) is 0 Å². The third kappa shape index (κ3) is 5.69. The van der Waals surface area contributed by atoms with Crippen LogP contribution >= 0.6 is 28.3 Å². The lowest BCUT2D eigenvalue weighted by Crippen LogP contribution is -2.26. The molecule has 5 heteroatoms. The summed E-state index contributed by atoms with van der Waals surface area (Å²) in [6, 6.07) is 5.30. The molecule has 0 saturated heterocycles. The van der Waals surface area contributed by atoms with Crippen molar-refractivity contribution in [2.45, 2.75) is 38.8 Å². The molecule has 0 aliphatic rings. The molecule has 0 fully saturated rings. The lowest BCUT2D eigenvalue weighted by Gasteiger charge is -2.20. The Morgan fingerprint density at radius 1 is 1.32 bits per heavy atom. The first-order valence-corrected chi connectivity index (χ1v) is 7.02. The van der Waals surface area contributed by atoms with Crippen LogP contribution in [0.1, 0.15) is 38.3 Å². The van der Waals surface area contributed by atoms with Crippen LogP contribution in [0, 0.1) is 5.92 Å². The first kappa shape index (κ1) is 18.7. The van der Waals surface area contributed by atoms with E-state index in [1.54, 1.807) is 7.11 Å². The van der Waals surface area contributed by atoms with E-state index in [1.807, 2.05) is 18.2 Å². The van der Waals surface area contributed by atoms with E-state index in [9.17, 15) is 5.11 Å². The highest BCUT2D eigenvalue weighted by molar-refractivity contribution is 9.10. The Kier molecular flexibility index (Phi) is 8.66. The van der Waals surface area contributed by atoms with Crippen LogP contribution < -0.4 is 10.5 Å². The van der Waals surface area contributed by atoms with Crippen LogP contribution in [0.15, 0.2) is 22.7 Å². The molecule has 0 aromatic heterocycles. The van der Waals surface area contributed by atoms with Gasteiger partial charge in [0.15, 0.2) is 0 Å². The van der Waals surface area contributed by atoms with Crippen molar-refractivity contribution in [3.63, 3.8) is 0 Å². The van der Waals surface area contributed by atoms with Gasteiger partial charge >= 0.3 is 0 Å². The van der Waals surface area contributed by atoms with Crippen LogP contribution in [-0.2, 0) is 0 Å². The minimum Gasteiger partial charge on any atom is -0.496 e. The number of hydrogen-bond donors (Lipinski definition) is 2. The Balaban J connectivity index is 0.00000324. The van der Waals surface area contributed by atoms with E-state index < -0.39 is 6.10 Å². The van der Waals surface area contributed by atoms with Crippen molar-refractivity contribution in [2.75, 3.05) is 7.11 Å². The molecule has 110 valence electrons. The second-order valence-electron chi connectivity index (χ2n) is 4.96. The fraction of sp³-hybridized carbons (Fsp3) is 0.571. The Bertz CT molecular complexity index is 388. The van der Waals surface area contributed by atoms with Gasteiger partial charge in [0.1, 0.15) is 5.75 Å². The average Bonchev–Trinajstić information content (AvgIpc) is 2.34. The highest BCUT2D eigenvalue weighted by atomic mass is 79.9. The molecule has 3 nitrogen and oxygen atoms in total. The molecule has 0 spiro atoms. The molecular weight excluding hydrogens is 330 g/mol. The molecule has 3 N–H and O–H groups in total. The maximum atomic E-state index is 10.1. The molecule has 2 atom stereocenters. The summed E-state index contributed by atoms with van der Waals surface area (Å²) in [7, 11) is 1.62. The second kappa shape index (κ2) is 8.80. The Hall–Kier alpha value is -0.290.